The highest BCUT2D eigenvalue weighted by molar-refractivity contribution is 5.68. The molecule has 4 nitrogen and oxygen atoms in total. The molecule has 0 bridgehead atoms. The first kappa shape index (κ1) is 25.9. The molecule has 2 aromatic rings. The molecule has 0 aromatic heterocycles. The van der Waals surface area contributed by atoms with E-state index in [4.69, 9.17) is 9.47 Å². The highest BCUT2D eigenvalue weighted by Crippen LogP contribution is 2.35. The molecule has 0 N–H and O–H groups in total. The smallest absolute Gasteiger partial charge is 0.416 e. The van der Waals surface area contributed by atoms with Crippen molar-refractivity contribution in [1.29, 1.82) is 0 Å². The minimum Gasteiger partial charge on any atom is -0.444 e. The van der Waals surface area contributed by atoms with E-state index >= 15 is 0 Å². The summed E-state index contributed by atoms with van der Waals surface area (Å²) in [5, 5.41) is 0. The summed E-state index contributed by atoms with van der Waals surface area (Å²) in [5.41, 5.74) is -0.803. The van der Waals surface area contributed by atoms with Gasteiger partial charge in [0.15, 0.2) is 0 Å². The quantitative estimate of drug-likeness (QED) is 0.452. The van der Waals surface area contributed by atoms with Crippen molar-refractivity contribution in [2.45, 2.75) is 51.5 Å². The molecule has 1 fully saturated rings. The largest absolute Gasteiger partial charge is 0.444 e. The van der Waals surface area contributed by atoms with Crippen LogP contribution in [0.3, 0.4) is 0 Å². The second-order valence-corrected chi connectivity index (χ2v) is 9.49. The molecule has 1 saturated heterocycles. The average molecular weight is 485 g/mol. The molecule has 0 unspecified atom stereocenters. The fraction of sp³-hybridized carbons (Fsp3) is 0.480. The maximum Gasteiger partial charge on any atom is 0.416 e. The van der Waals surface area contributed by atoms with Crippen molar-refractivity contribution in [3.63, 3.8) is 0 Å². The first-order chi connectivity index (χ1) is 15.8. The van der Waals surface area contributed by atoms with Crippen LogP contribution in [-0.2, 0) is 22.3 Å². The summed E-state index contributed by atoms with van der Waals surface area (Å²) >= 11 is 0. The van der Waals surface area contributed by atoms with Crippen molar-refractivity contribution in [2.75, 3.05) is 19.7 Å². The van der Waals surface area contributed by atoms with Crippen LogP contribution in [-0.4, -0.2) is 36.3 Å². The van der Waals surface area contributed by atoms with Crippen LogP contribution in [0.2, 0.25) is 0 Å². The monoisotopic (exact) mass is 485 g/mol. The van der Waals surface area contributed by atoms with Crippen LogP contribution in [0.25, 0.3) is 0 Å². The molecule has 9 heteroatoms. The third-order valence-corrected chi connectivity index (χ3v) is 5.57. The predicted octanol–water partition coefficient (Wildman–Crippen LogP) is 6.54. The number of likely N-dealkylation sites (tertiary alicyclic amines) is 1. The van der Waals surface area contributed by atoms with E-state index in [-0.39, 0.29) is 36.4 Å². The Labute approximate surface area is 195 Å². The standard InChI is InChI=1S/C25H28F5NO3/c1-24(2,3)34-23(32)31-9-8-22(17-4-6-20(26)7-5-17)18(13-31)15-33-14-16-10-19(25(28,29)30)12-21(27)11-16/h4-7,10-12,18,22H,8-9,13-15H2,1-3H3/t18-,22-/m0/s1. The van der Waals surface area contributed by atoms with Gasteiger partial charge in [-0.05, 0) is 74.6 Å². The highest BCUT2D eigenvalue weighted by Gasteiger charge is 2.35. The number of hydrogen-bond donors (Lipinski definition) is 0. The lowest BCUT2D eigenvalue weighted by Gasteiger charge is -2.39. The summed E-state index contributed by atoms with van der Waals surface area (Å²) in [6.45, 7) is 5.93. The molecule has 1 aliphatic rings. The number of ether oxygens (including phenoxy) is 2. The van der Waals surface area contributed by atoms with E-state index in [0.29, 0.717) is 25.6 Å². The maximum atomic E-state index is 13.7. The molecular formula is C25H28F5NO3. The lowest BCUT2D eigenvalue weighted by Crippen LogP contribution is -2.46. The zero-order valence-corrected chi connectivity index (χ0v) is 19.3. The van der Waals surface area contributed by atoms with Crippen molar-refractivity contribution >= 4 is 6.09 Å². The zero-order valence-electron chi connectivity index (χ0n) is 19.3. The summed E-state index contributed by atoms with van der Waals surface area (Å²) in [6, 6.07) is 8.37. The van der Waals surface area contributed by atoms with Crippen LogP contribution in [0.4, 0.5) is 26.7 Å². The van der Waals surface area contributed by atoms with Gasteiger partial charge < -0.3 is 14.4 Å². The first-order valence-corrected chi connectivity index (χ1v) is 11.0. The van der Waals surface area contributed by atoms with E-state index in [1.165, 1.54) is 12.1 Å². The molecule has 186 valence electrons. The van der Waals surface area contributed by atoms with Gasteiger partial charge in [-0.15, -0.1) is 0 Å². The van der Waals surface area contributed by atoms with Crippen molar-refractivity contribution in [3.8, 4) is 0 Å². The number of carbonyl (C=O) groups is 1. The Morgan fingerprint density at radius 1 is 1.03 bits per heavy atom. The number of hydrogen-bond acceptors (Lipinski definition) is 3. The van der Waals surface area contributed by atoms with E-state index in [1.54, 1.807) is 37.8 Å². The molecule has 0 saturated carbocycles. The van der Waals surface area contributed by atoms with Gasteiger partial charge in [0.25, 0.3) is 0 Å². The summed E-state index contributed by atoms with van der Waals surface area (Å²) in [4.78, 5) is 14.1. The van der Waals surface area contributed by atoms with Gasteiger partial charge >= 0.3 is 12.3 Å². The zero-order chi connectivity index (χ0) is 25.1. The topological polar surface area (TPSA) is 38.8 Å². The van der Waals surface area contributed by atoms with Gasteiger partial charge in [-0.1, -0.05) is 12.1 Å². The van der Waals surface area contributed by atoms with Crippen molar-refractivity contribution in [3.05, 3.63) is 70.8 Å². The van der Waals surface area contributed by atoms with Crippen molar-refractivity contribution in [1.82, 2.24) is 4.90 Å². The predicted molar refractivity (Wildman–Crippen MR) is 116 cm³/mol. The van der Waals surface area contributed by atoms with E-state index in [0.717, 1.165) is 17.7 Å². The Balaban J connectivity index is 1.73. The summed E-state index contributed by atoms with van der Waals surface area (Å²) < 4.78 is 77.2. The number of benzene rings is 2. The minimum atomic E-state index is -4.66. The highest BCUT2D eigenvalue weighted by atomic mass is 19.4. The Bertz CT molecular complexity index is 986. The molecule has 34 heavy (non-hydrogen) atoms. The van der Waals surface area contributed by atoms with Gasteiger partial charge in [0.1, 0.15) is 17.2 Å². The molecule has 3 rings (SSSR count). The molecule has 1 aliphatic heterocycles. The molecule has 1 amide bonds. The number of amides is 1. The van der Waals surface area contributed by atoms with Gasteiger partial charge in [-0.3, -0.25) is 0 Å². The Morgan fingerprint density at radius 3 is 2.32 bits per heavy atom. The molecule has 0 radical (unpaired) electrons. The van der Waals surface area contributed by atoms with E-state index in [1.807, 2.05) is 0 Å². The van der Waals surface area contributed by atoms with Crippen molar-refractivity contribution in [2.24, 2.45) is 5.92 Å². The van der Waals surface area contributed by atoms with Gasteiger partial charge in [0.05, 0.1) is 18.8 Å². The second kappa shape index (κ2) is 10.3. The normalized spacial score (nSPS) is 19.2. The Hall–Kier alpha value is -2.68. The van der Waals surface area contributed by atoms with Crippen LogP contribution < -0.4 is 0 Å². The Morgan fingerprint density at radius 2 is 1.71 bits per heavy atom. The van der Waals surface area contributed by atoms with E-state index in [9.17, 15) is 26.7 Å². The Kier molecular flexibility index (Phi) is 7.85. The molecule has 2 aromatic carbocycles. The fourth-order valence-electron chi connectivity index (χ4n) is 4.07. The summed E-state index contributed by atoms with van der Waals surface area (Å²) in [7, 11) is 0. The van der Waals surface area contributed by atoms with E-state index < -0.39 is 29.3 Å². The molecule has 2 atom stereocenters. The van der Waals surface area contributed by atoms with Gasteiger partial charge in [-0.25, -0.2) is 13.6 Å². The second-order valence-electron chi connectivity index (χ2n) is 9.49. The van der Waals surface area contributed by atoms with Crippen LogP contribution in [0, 0.1) is 17.6 Å². The van der Waals surface area contributed by atoms with Crippen molar-refractivity contribution < 1.29 is 36.2 Å². The van der Waals surface area contributed by atoms with Crippen LogP contribution >= 0.6 is 0 Å². The number of alkyl halides is 3. The number of halogens is 5. The van der Waals surface area contributed by atoms with Gasteiger partial charge in [0, 0.05) is 19.0 Å². The first-order valence-electron chi connectivity index (χ1n) is 11.0. The lowest BCUT2D eigenvalue weighted by atomic mass is 9.81. The molecular weight excluding hydrogens is 457 g/mol. The SMILES string of the molecule is CC(C)(C)OC(=O)N1CC[C@@H](c2ccc(F)cc2)[C@H](COCc2cc(F)cc(C(F)(F)F)c2)C1. The minimum absolute atomic E-state index is 0.0578. The molecule has 0 spiro atoms. The number of piperidine rings is 1. The molecule has 0 aliphatic carbocycles. The molecule has 1 heterocycles. The summed E-state index contributed by atoms with van der Waals surface area (Å²) in [6.07, 6.45) is -4.55. The number of rotatable bonds is 5. The van der Waals surface area contributed by atoms with Crippen LogP contribution in [0.1, 0.15) is 49.8 Å². The average Bonchev–Trinajstić information content (AvgIpc) is 2.72. The lowest BCUT2D eigenvalue weighted by molar-refractivity contribution is -0.137. The van der Waals surface area contributed by atoms with Gasteiger partial charge in [-0.2, -0.15) is 13.2 Å². The van der Waals surface area contributed by atoms with Crippen LogP contribution in [0.5, 0.6) is 0 Å². The van der Waals surface area contributed by atoms with Crippen LogP contribution in [0.15, 0.2) is 42.5 Å². The third-order valence-electron chi connectivity index (χ3n) is 5.57. The van der Waals surface area contributed by atoms with E-state index in [2.05, 4.69) is 0 Å². The number of nitrogens with zero attached hydrogens (tertiary/aromatic N) is 1. The fourth-order valence-corrected chi connectivity index (χ4v) is 4.07. The third kappa shape index (κ3) is 7.16. The number of carbonyl (C=O) groups excluding carboxylic acids is 1. The maximum absolute atomic E-state index is 13.7. The summed E-state index contributed by atoms with van der Waals surface area (Å²) in [5.74, 6) is -1.64. The van der Waals surface area contributed by atoms with Gasteiger partial charge in [0.2, 0.25) is 0 Å².